The van der Waals surface area contributed by atoms with Gasteiger partial charge in [0, 0.05) is 16.0 Å². The van der Waals surface area contributed by atoms with Gasteiger partial charge in [-0.05, 0) is 72.2 Å². The van der Waals surface area contributed by atoms with Crippen LogP contribution in [0.25, 0.3) is 0 Å². The fraction of sp³-hybridized carbons (Fsp3) is 0.314. The number of rotatable bonds is 6. The fourth-order valence-electron chi connectivity index (χ4n) is 8.41. The van der Waals surface area contributed by atoms with Crippen molar-refractivity contribution in [1.82, 2.24) is 4.98 Å². The summed E-state index contributed by atoms with van der Waals surface area (Å²) >= 11 is 2.52. The average molecular weight is 746 g/mol. The molecule has 8 nitrogen and oxygen atoms in total. The van der Waals surface area contributed by atoms with Crippen molar-refractivity contribution >= 4 is 52.2 Å². The summed E-state index contributed by atoms with van der Waals surface area (Å²) < 4.78 is 86.1. The van der Waals surface area contributed by atoms with Crippen LogP contribution in [-0.4, -0.2) is 34.6 Å². The Morgan fingerprint density at radius 3 is 2.29 bits per heavy atom. The normalized spacial score (nSPS) is 26.5. The lowest BCUT2D eigenvalue weighted by atomic mass is 9.68. The van der Waals surface area contributed by atoms with E-state index in [9.17, 15) is 45.5 Å². The molecule has 2 aliphatic heterocycles. The Morgan fingerprint density at radius 2 is 1.59 bits per heavy atom. The Kier molecular flexibility index (Phi) is 7.90. The molecule has 8 rings (SSSR count). The van der Waals surface area contributed by atoms with Crippen molar-refractivity contribution in [3.05, 3.63) is 104 Å². The fourth-order valence-corrected chi connectivity index (χ4v) is 11.3. The van der Waals surface area contributed by atoms with Crippen LogP contribution in [0.5, 0.6) is 5.75 Å². The molecule has 3 aromatic carbocycles. The zero-order valence-corrected chi connectivity index (χ0v) is 27.6. The molecular formula is C35H25F6N3O5S2. The van der Waals surface area contributed by atoms with Gasteiger partial charge in [0.2, 0.25) is 11.8 Å². The van der Waals surface area contributed by atoms with Crippen LogP contribution in [0.2, 0.25) is 0 Å². The molecule has 3 fully saturated rings. The van der Waals surface area contributed by atoms with Gasteiger partial charge in [-0.1, -0.05) is 41.7 Å². The van der Waals surface area contributed by atoms with E-state index in [0.29, 0.717) is 11.4 Å². The molecule has 0 radical (unpaired) electrons. The third-order valence-corrected chi connectivity index (χ3v) is 12.9. The second-order valence-electron chi connectivity index (χ2n) is 13.0. The van der Waals surface area contributed by atoms with Crippen molar-refractivity contribution in [1.29, 1.82) is 0 Å². The maximum absolute atomic E-state index is 13.9. The number of carbonyl (C=O) groups excluding carboxylic acids is 3. The van der Waals surface area contributed by atoms with Crippen LogP contribution in [0.4, 0.5) is 37.7 Å². The van der Waals surface area contributed by atoms with Crippen molar-refractivity contribution in [2.75, 3.05) is 16.8 Å². The molecule has 1 aromatic heterocycles. The van der Waals surface area contributed by atoms with E-state index < -0.39 is 65.3 Å². The van der Waals surface area contributed by atoms with Crippen LogP contribution in [0.1, 0.15) is 33.9 Å². The summed E-state index contributed by atoms with van der Waals surface area (Å²) in [4.78, 5) is 57.1. The van der Waals surface area contributed by atoms with E-state index in [4.69, 9.17) is 4.74 Å². The minimum Gasteiger partial charge on any atom is -0.484 e. The molecule has 3 heterocycles. The number of imide groups is 1. The van der Waals surface area contributed by atoms with E-state index in [1.165, 1.54) is 36.0 Å². The highest BCUT2D eigenvalue weighted by atomic mass is 32.2. The molecule has 1 saturated heterocycles. The maximum atomic E-state index is 13.9. The summed E-state index contributed by atoms with van der Waals surface area (Å²) in [6.45, 7) is -0.564. The van der Waals surface area contributed by atoms with E-state index in [0.717, 1.165) is 50.9 Å². The topological polar surface area (TPSA) is 109 Å². The Balaban J connectivity index is 1.04. The van der Waals surface area contributed by atoms with Gasteiger partial charge in [-0.2, -0.15) is 26.3 Å². The highest BCUT2D eigenvalue weighted by Crippen LogP contribution is 2.68. The Labute approximate surface area is 293 Å². The number of benzene rings is 3. The summed E-state index contributed by atoms with van der Waals surface area (Å²) in [6.07, 6.45) is -8.73. The smallest absolute Gasteiger partial charge is 0.418 e. The SMILES string of the molecule is O=C(COc1ccc([C@@H]2c3sc(=O)[nH]c3S[C@@H]3[C@@H]4C[C@@H]([C@@H]5C(=O)N(c6cccc(C(F)(F)F)c6)C(=O)[C@@H]45)[C@H]23)cc1)Nc1ccccc1C(F)(F)F. The zero-order chi connectivity index (χ0) is 36.0. The Bertz CT molecular complexity index is 2130. The summed E-state index contributed by atoms with van der Waals surface area (Å²) in [5.41, 5.74) is -1.67. The van der Waals surface area contributed by atoms with Crippen LogP contribution in [0.3, 0.4) is 0 Å². The Hall–Kier alpha value is -4.57. The predicted octanol–water partition coefficient (Wildman–Crippen LogP) is 7.17. The van der Waals surface area contributed by atoms with Gasteiger partial charge in [-0.25, -0.2) is 0 Å². The highest BCUT2D eigenvalue weighted by molar-refractivity contribution is 8.00. The van der Waals surface area contributed by atoms with E-state index in [1.807, 2.05) is 0 Å². The lowest BCUT2D eigenvalue weighted by Gasteiger charge is -2.43. The quantitative estimate of drug-likeness (QED) is 0.160. The number of hydrogen-bond donors (Lipinski definition) is 2. The molecule has 2 aliphatic carbocycles. The number of nitrogens with zero attached hydrogens (tertiary/aromatic N) is 1. The van der Waals surface area contributed by atoms with E-state index in [-0.39, 0.29) is 45.2 Å². The number of nitrogens with one attached hydrogen (secondary N) is 2. The van der Waals surface area contributed by atoms with Crippen LogP contribution < -0.4 is 19.8 Å². The van der Waals surface area contributed by atoms with Gasteiger partial charge in [0.25, 0.3) is 5.91 Å². The van der Waals surface area contributed by atoms with Gasteiger partial charge >= 0.3 is 17.2 Å². The first-order chi connectivity index (χ1) is 24.2. The zero-order valence-electron chi connectivity index (χ0n) is 26.0. The van der Waals surface area contributed by atoms with Gasteiger partial charge in [-0.3, -0.25) is 24.1 Å². The third-order valence-electron chi connectivity index (χ3n) is 10.3. The molecular weight excluding hydrogens is 721 g/mol. The number of anilines is 2. The molecule has 3 amide bonds. The summed E-state index contributed by atoms with van der Waals surface area (Å²) in [5.74, 6) is -4.02. The number of ether oxygens (including phenoxy) is 1. The van der Waals surface area contributed by atoms with E-state index in [2.05, 4.69) is 10.3 Å². The van der Waals surface area contributed by atoms with Crippen LogP contribution >= 0.6 is 23.1 Å². The number of para-hydroxylation sites is 1. The van der Waals surface area contributed by atoms with Crippen molar-refractivity contribution in [3.63, 3.8) is 0 Å². The van der Waals surface area contributed by atoms with Crippen molar-refractivity contribution < 1.29 is 45.5 Å². The Morgan fingerprint density at radius 1 is 0.882 bits per heavy atom. The number of alkyl halides is 6. The molecule has 7 atom stereocenters. The second-order valence-corrected chi connectivity index (χ2v) is 15.2. The molecule has 0 spiro atoms. The van der Waals surface area contributed by atoms with Gasteiger partial charge < -0.3 is 15.0 Å². The largest absolute Gasteiger partial charge is 0.484 e. The number of thiazole rings is 1. The molecule has 264 valence electrons. The molecule has 16 heteroatoms. The number of halogens is 6. The standard InChI is InChI=1S/C35H25F6N3O5S2/c36-34(37,38)16-4-3-5-17(12-16)44-31(46)26-19-13-20(27(26)32(44)47)28-25(19)24(29-30(50-28)43-33(48)51-29)15-8-10-18(11-9-15)49-14-23(45)42-22-7-2-1-6-21(22)35(39,40)41/h1-12,19-20,24-28H,13-14H2,(H,42,45)(H,43,48)/t19-,20-,24+,25-,26+,27+,28-/m1/s1. The maximum Gasteiger partial charge on any atom is 0.418 e. The van der Waals surface area contributed by atoms with Crippen molar-refractivity contribution in [2.24, 2.45) is 29.6 Å². The number of thioether (sulfide) groups is 1. The molecule has 2 bridgehead atoms. The minimum atomic E-state index is -4.66. The molecule has 51 heavy (non-hydrogen) atoms. The molecule has 4 aliphatic rings. The monoisotopic (exact) mass is 745 g/mol. The molecule has 2 N–H and O–H groups in total. The van der Waals surface area contributed by atoms with Crippen molar-refractivity contribution in [3.8, 4) is 5.75 Å². The van der Waals surface area contributed by atoms with E-state index >= 15 is 0 Å². The first-order valence-corrected chi connectivity index (χ1v) is 17.5. The number of amides is 3. The van der Waals surface area contributed by atoms with Crippen molar-refractivity contribution in [2.45, 2.75) is 35.0 Å². The predicted molar refractivity (Wildman–Crippen MR) is 174 cm³/mol. The number of hydrogen-bond acceptors (Lipinski definition) is 7. The molecule has 4 aromatic rings. The lowest BCUT2D eigenvalue weighted by Crippen LogP contribution is -2.42. The highest BCUT2D eigenvalue weighted by Gasteiger charge is 2.69. The number of aromatic amines is 1. The van der Waals surface area contributed by atoms with Crippen LogP contribution in [-0.2, 0) is 26.7 Å². The number of fused-ring (bicyclic) bond motifs is 9. The van der Waals surface area contributed by atoms with Crippen LogP contribution in [0.15, 0.2) is 82.6 Å². The minimum absolute atomic E-state index is 0.113. The van der Waals surface area contributed by atoms with Gasteiger partial charge in [0.1, 0.15) is 5.75 Å². The summed E-state index contributed by atoms with van der Waals surface area (Å²) in [5, 5.41) is 2.74. The average Bonchev–Trinajstić information content (AvgIpc) is 3.82. The van der Waals surface area contributed by atoms with E-state index in [1.54, 1.807) is 24.3 Å². The van der Waals surface area contributed by atoms with Gasteiger partial charge in [0.15, 0.2) is 6.61 Å². The molecule has 0 unspecified atom stereocenters. The second kappa shape index (κ2) is 12.0. The first-order valence-electron chi connectivity index (χ1n) is 15.8. The first kappa shape index (κ1) is 33.6. The number of H-pyrrole nitrogens is 1. The van der Waals surface area contributed by atoms with Gasteiger partial charge in [0.05, 0.1) is 39.4 Å². The third kappa shape index (κ3) is 5.62. The van der Waals surface area contributed by atoms with Crippen LogP contribution in [0, 0.1) is 29.6 Å². The summed E-state index contributed by atoms with van der Waals surface area (Å²) in [7, 11) is 0. The molecule has 2 saturated carbocycles. The lowest BCUT2D eigenvalue weighted by molar-refractivity contribution is -0.138. The number of aromatic nitrogens is 1. The summed E-state index contributed by atoms with van der Waals surface area (Å²) in [6, 6.07) is 15.5. The number of carbonyl (C=O) groups is 3. The van der Waals surface area contributed by atoms with Gasteiger partial charge in [-0.15, -0.1) is 11.8 Å².